The summed E-state index contributed by atoms with van der Waals surface area (Å²) in [6.07, 6.45) is 17.9. The number of rotatable bonds is 26. The Morgan fingerprint density at radius 2 is 1.29 bits per heavy atom. The third-order valence-electron chi connectivity index (χ3n) is 5.52. The minimum absolute atomic E-state index is 0.0930. The first-order chi connectivity index (χ1) is 16.4. The SMILES string of the molecule is CCCCCCCCCCCCCCCOCC(COP(=O)(O)OCCN)OC(=O)CCCC. The molecule has 3 N–H and O–H groups in total. The summed E-state index contributed by atoms with van der Waals surface area (Å²) in [5, 5.41) is 0. The molecule has 0 aromatic carbocycles. The highest BCUT2D eigenvalue weighted by molar-refractivity contribution is 7.47. The average Bonchev–Trinajstić information content (AvgIpc) is 2.82. The van der Waals surface area contributed by atoms with E-state index in [-0.39, 0.29) is 32.3 Å². The number of nitrogens with two attached hydrogens (primary N) is 1. The molecule has 0 rings (SSSR count). The topological polar surface area (TPSA) is 117 Å². The minimum Gasteiger partial charge on any atom is -0.457 e. The van der Waals surface area contributed by atoms with Crippen LogP contribution in [0.25, 0.3) is 0 Å². The molecule has 0 aliphatic heterocycles. The summed E-state index contributed by atoms with van der Waals surface area (Å²) in [4.78, 5) is 21.6. The molecule has 0 saturated heterocycles. The highest BCUT2D eigenvalue weighted by atomic mass is 31.2. The fourth-order valence-electron chi connectivity index (χ4n) is 3.50. The van der Waals surface area contributed by atoms with E-state index in [9.17, 15) is 14.3 Å². The third kappa shape index (κ3) is 23.3. The van der Waals surface area contributed by atoms with Crippen molar-refractivity contribution >= 4 is 13.8 Å². The zero-order valence-electron chi connectivity index (χ0n) is 21.8. The van der Waals surface area contributed by atoms with Crippen LogP contribution < -0.4 is 5.73 Å². The highest BCUT2D eigenvalue weighted by Gasteiger charge is 2.25. The van der Waals surface area contributed by atoms with Crippen LogP contribution in [0.2, 0.25) is 0 Å². The Kier molecular flexibility index (Phi) is 23.8. The molecule has 8 nitrogen and oxygen atoms in total. The van der Waals surface area contributed by atoms with Gasteiger partial charge < -0.3 is 20.1 Å². The van der Waals surface area contributed by atoms with Crippen LogP contribution in [0.5, 0.6) is 0 Å². The predicted molar refractivity (Wildman–Crippen MR) is 137 cm³/mol. The second kappa shape index (κ2) is 24.2. The van der Waals surface area contributed by atoms with Crippen molar-refractivity contribution in [2.24, 2.45) is 5.73 Å². The number of hydrogen-bond acceptors (Lipinski definition) is 7. The standard InChI is InChI=1S/C25H52NO7P/c1-3-5-7-8-9-10-11-12-13-14-15-16-17-20-30-22-24(33-25(27)18-6-4-2)23-32-34(28,29)31-21-19-26/h24H,3-23,26H2,1-2H3,(H,28,29). The molecule has 0 amide bonds. The van der Waals surface area contributed by atoms with Gasteiger partial charge in [0.25, 0.3) is 0 Å². The van der Waals surface area contributed by atoms with Gasteiger partial charge >= 0.3 is 13.8 Å². The minimum atomic E-state index is -4.23. The van der Waals surface area contributed by atoms with E-state index in [0.717, 1.165) is 25.7 Å². The van der Waals surface area contributed by atoms with Gasteiger partial charge in [-0.2, -0.15) is 0 Å². The van der Waals surface area contributed by atoms with Crippen LogP contribution in [0, 0.1) is 0 Å². The summed E-state index contributed by atoms with van der Waals surface area (Å²) in [7, 11) is -4.23. The smallest absolute Gasteiger partial charge is 0.457 e. The van der Waals surface area contributed by atoms with Crippen LogP contribution in [0.3, 0.4) is 0 Å². The largest absolute Gasteiger partial charge is 0.472 e. The van der Waals surface area contributed by atoms with Crippen LogP contribution in [-0.4, -0.2) is 49.9 Å². The molecule has 0 bridgehead atoms. The number of ether oxygens (including phenoxy) is 2. The molecule has 0 aliphatic rings. The van der Waals surface area contributed by atoms with Crippen molar-refractivity contribution in [1.29, 1.82) is 0 Å². The lowest BCUT2D eigenvalue weighted by Crippen LogP contribution is -2.28. The predicted octanol–water partition coefficient (Wildman–Crippen LogP) is 6.29. The lowest BCUT2D eigenvalue weighted by Gasteiger charge is -2.20. The van der Waals surface area contributed by atoms with Gasteiger partial charge in [0, 0.05) is 19.6 Å². The molecule has 0 aromatic rings. The molecule has 34 heavy (non-hydrogen) atoms. The van der Waals surface area contributed by atoms with Crippen molar-refractivity contribution < 1.29 is 32.8 Å². The lowest BCUT2D eigenvalue weighted by atomic mass is 10.0. The quantitative estimate of drug-likeness (QED) is 0.0794. The van der Waals surface area contributed by atoms with Gasteiger partial charge in [-0.3, -0.25) is 13.8 Å². The van der Waals surface area contributed by atoms with E-state index in [4.69, 9.17) is 24.3 Å². The Balaban J connectivity index is 3.91. The van der Waals surface area contributed by atoms with Crippen molar-refractivity contribution in [2.45, 2.75) is 123 Å². The molecule has 9 heteroatoms. The number of unbranched alkanes of at least 4 members (excludes halogenated alkanes) is 13. The fraction of sp³-hybridized carbons (Fsp3) is 0.960. The van der Waals surface area contributed by atoms with E-state index in [2.05, 4.69) is 6.92 Å². The van der Waals surface area contributed by atoms with E-state index >= 15 is 0 Å². The molecule has 0 fully saturated rings. The molecule has 0 spiro atoms. The van der Waals surface area contributed by atoms with E-state index in [0.29, 0.717) is 13.0 Å². The number of carbonyl (C=O) groups excluding carboxylic acids is 1. The molecule has 0 aromatic heterocycles. The lowest BCUT2D eigenvalue weighted by molar-refractivity contribution is -0.154. The van der Waals surface area contributed by atoms with Crippen molar-refractivity contribution in [1.82, 2.24) is 0 Å². The maximum Gasteiger partial charge on any atom is 0.472 e. The van der Waals surface area contributed by atoms with Gasteiger partial charge in [-0.15, -0.1) is 0 Å². The molecule has 0 saturated carbocycles. The maximum absolute atomic E-state index is 12.0. The van der Waals surface area contributed by atoms with E-state index in [1.807, 2.05) is 6.92 Å². The van der Waals surface area contributed by atoms with Crippen molar-refractivity contribution in [3.63, 3.8) is 0 Å². The monoisotopic (exact) mass is 509 g/mol. The third-order valence-corrected chi connectivity index (χ3v) is 6.51. The highest BCUT2D eigenvalue weighted by Crippen LogP contribution is 2.43. The summed E-state index contributed by atoms with van der Waals surface area (Å²) in [6, 6.07) is 0. The molecule has 0 aliphatic carbocycles. The first-order valence-corrected chi connectivity index (χ1v) is 15.0. The van der Waals surface area contributed by atoms with Crippen LogP contribution in [0.1, 0.15) is 117 Å². The van der Waals surface area contributed by atoms with Gasteiger partial charge in [0.15, 0.2) is 0 Å². The molecule has 2 unspecified atom stereocenters. The summed E-state index contributed by atoms with van der Waals surface area (Å²) in [5.41, 5.74) is 5.27. The second-order valence-electron chi connectivity index (χ2n) is 8.92. The molecular weight excluding hydrogens is 457 g/mol. The van der Waals surface area contributed by atoms with E-state index < -0.39 is 13.9 Å². The Labute approximate surface area is 208 Å². The zero-order chi connectivity index (χ0) is 25.3. The van der Waals surface area contributed by atoms with Crippen molar-refractivity contribution in [2.75, 3.05) is 33.0 Å². The summed E-state index contributed by atoms with van der Waals surface area (Å²) in [5.74, 6) is -0.365. The summed E-state index contributed by atoms with van der Waals surface area (Å²) in [6.45, 7) is 4.66. The Morgan fingerprint density at radius 3 is 1.82 bits per heavy atom. The van der Waals surface area contributed by atoms with Crippen LogP contribution >= 0.6 is 7.82 Å². The summed E-state index contributed by atoms with van der Waals surface area (Å²) < 4.78 is 32.5. The number of esters is 1. The van der Waals surface area contributed by atoms with Gasteiger partial charge in [0.1, 0.15) is 6.10 Å². The zero-order valence-corrected chi connectivity index (χ0v) is 22.7. The number of carbonyl (C=O) groups is 1. The Morgan fingerprint density at radius 1 is 0.765 bits per heavy atom. The molecule has 2 atom stereocenters. The van der Waals surface area contributed by atoms with Crippen molar-refractivity contribution in [3.05, 3.63) is 0 Å². The van der Waals surface area contributed by atoms with Gasteiger partial charge in [0.05, 0.1) is 19.8 Å². The van der Waals surface area contributed by atoms with Gasteiger partial charge in [0.2, 0.25) is 0 Å². The second-order valence-corrected chi connectivity index (χ2v) is 10.4. The van der Waals surface area contributed by atoms with E-state index in [1.54, 1.807) is 0 Å². The van der Waals surface area contributed by atoms with Crippen LogP contribution in [0.4, 0.5) is 0 Å². The molecule has 204 valence electrons. The number of hydrogen-bond donors (Lipinski definition) is 2. The van der Waals surface area contributed by atoms with Gasteiger partial charge in [-0.05, 0) is 12.8 Å². The Hall–Kier alpha value is -0.500. The van der Waals surface area contributed by atoms with E-state index in [1.165, 1.54) is 70.6 Å². The average molecular weight is 510 g/mol. The fourth-order valence-corrected chi connectivity index (χ4v) is 4.27. The van der Waals surface area contributed by atoms with Gasteiger partial charge in [-0.25, -0.2) is 4.57 Å². The molecule has 0 heterocycles. The van der Waals surface area contributed by atoms with Crippen LogP contribution in [-0.2, 0) is 27.9 Å². The Bertz CT molecular complexity index is 508. The molecular formula is C25H52NO7P. The van der Waals surface area contributed by atoms with Crippen molar-refractivity contribution in [3.8, 4) is 0 Å². The number of phosphoric acid groups is 1. The van der Waals surface area contributed by atoms with Crippen LogP contribution in [0.15, 0.2) is 0 Å². The first kappa shape index (κ1) is 33.5. The number of phosphoric ester groups is 1. The van der Waals surface area contributed by atoms with Gasteiger partial charge in [-0.1, -0.05) is 97.3 Å². The normalized spacial score (nSPS) is 14.1. The first-order valence-electron chi connectivity index (χ1n) is 13.5. The molecule has 0 radical (unpaired) electrons. The summed E-state index contributed by atoms with van der Waals surface area (Å²) >= 11 is 0. The maximum atomic E-state index is 12.0.